The summed E-state index contributed by atoms with van der Waals surface area (Å²) < 4.78 is 10.2. The third-order valence-electron chi connectivity index (χ3n) is 5.63. The first-order valence-electron chi connectivity index (χ1n) is 12.0. The number of hydrogen-bond acceptors (Lipinski definition) is 6. The Morgan fingerprint density at radius 1 is 0.967 bits per heavy atom. The van der Waals surface area contributed by atoms with Crippen molar-refractivity contribution in [1.29, 1.82) is 0 Å². The van der Waals surface area contributed by atoms with Crippen LogP contribution in [0.4, 0.5) is 0 Å². The molecule has 0 amide bonds. The minimum atomic E-state index is -1.15. The summed E-state index contributed by atoms with van der Waals surface area (Å²) in [6.07, 6.45) is 16.5. The first-order chi connectivity index (χ1) is 14.6. The van der Waals surface area contributed by atoms with Gasteiger partial charge in [-0.05, 0) is 32.1 Å². The second kappa shape index (κ2) is 17.7. The van der Waals surface area contributed by atoms with Gasteiger partial charge in [-0.1, -0.05) is 70.4 Å². The maximum atomic E-state index is 11.7. The van der Waals surface area contributed by atoms with Crippen molar-refractivity contribution in [1.82, 2.24) is 0 Å². The smallest absolute Gasteiger partial charge is 0.305 e. The van der Waals surface area contributed by atoms with E-state index >= 15 is 0 Å². The van der Waals surface area contributed by atoms with Crippen molar-refractivity contribution in [2.24, 2.45) is 0 Å². The van der Waals surface area contributed by atoms with Crippen LogP contribution < -0.4 is 0 Å². The molecule has 6 nitrogen and oxygen atoms in total. The summed E-state index contributed by atoms with van der Waals surface area (Å²) in [6.45, 7) is 2.00. The molecule has 1 aliphatic rings. The van der Waals surface area contributed by atoms with E-state index < -0.39 is 24.4 Å². The highest BCUT2D eigenvalue weighted by molar-refractivity contribution is 5.69. The monoisotopic (exact) mass is 428 g/mol. The molecule has 1 saturated heterocycles. The molecule has 0 bridgehead atoms. The van der Waals surface area contributed by atoms with Gasteiger partial charge in [-0.15, -0.1) is 0 Å². The molecule has 1 fully saturated rings. The zero-order valence-corrected chi connectivity index (χ0v) is 18.8. The molecule has 30 heavy (non-hydrogen) atoms. The van der Waals surface area contributed by atoms with E-state index in [1.54, 1.807) is 0 Å². The van der Waals surface area contributed by atoms with Crippen molar-refractivity contribution in [2.45, 2.75) is 121 Å². The Kier molecular flexibility index (Phi) is 16.0. The largest absolute Gasteiger partial charge is 0.463 e. The fourth-order valence-corrected chi connectivity index (χ4v) is 3.65. The number of carbonyl (C=O) groups excluding carboxylic acids is 1. The first kappa shape index (κ1) is 27.1. The van der Waals surface area contributed by atoms with Crippen LogP contribution in [0.1, 0.15) is 96.8 Å². The number of aliphatic hydroxyl groups excluding tert-OH is 3. The van der Waals surface area contributed by atoms with E-state index in [1.807, 2.05) is 0 Å². The number of rotatable bonds is 18. The Bertz CT molecular complexity index is 453. The van der Waals surface area contributed by atoms with Gasteiger partial charge in [0.25, 0.3) is 0 Å². The van der Waals surface area contributed by atoms with Crippen LogP contribution in [-0.4, -0.2) is 58.9 Å². The average Bonchev–Trinajstić information content (AvgIpc) is 3.07. The molecule has 0 aromatic heterocycles. The first-order valence-corrected chi connectivity index (χ1v) is 12.0. The van der Waals surface area contributed by atoms with Gasteiger partial charge in [-0.3, -0.25) is 4.79 Å². The lowest BCUT2D eigenvalue weighted by atomic mass is 10.1. The van der Waals surface area contributed by atoms with Crippen molar-refractivity contribution in [3.63, 3.8) is 0 Å². The second-order valence-corrected chi connectivity index (χ2v) is 8.44. The van der Waals surface area contributed by atoms with E-state index in [0.717, 1.165) is 25.7 Å². The fourth-order valence-electron chi connectivity index (χ4n) is 3.65. The van der Waals surface area contributed by atoms with Gasteiger partial charge in [0, 0.05) is 6.42 Å². The summed E-state index contributed by atoms with van der Waals surface area (Å²) in [7, 11) is 0. The van der Waals surface area contributed by atoms with E-state index in [9.17, 15) is 20.1 Å². The van der Waals surface area contributed by atoms with Crippen LogP contribution >= 0.6 is 0 Å². The molecular formula is C24H44O6. The lowest BCUT2D eigenvalue weighted by molar-refractivity contribution is -0.151. The maximum absolute atomic E-state index is 11.7. The zero-order valence-electron chi connectivity index (χ0n) is 18.8. The van der Waals surface area contributed by atoms with Crippen LogP contribution in [0.15, 0.2) is 12.2 Å². The highest BCUT2D eigenvalue weighted by Gasteiger charge is 2.39. The normalized spacial score (nSPS) is 22.6. The van der Waals surface area contributed by atoms with Gasteiger partial charge in [0.15, 0.2) is 0 Å². The van der Waals surface area contributed by atoms with E-state index in [2.05, 4.69) is 19.1 Å². The third kappa shape index (κ3) is 12.7. The van der Waals surface area contributed by atoms with E-state index in [1.165, 1.54) is 57.8 Å². The van der Waals surface area contributed by atoms with E-state index in [4.69, 9.17) is 9.47 Å². The van der Waals surface area contributed by atoms with Gasteiger partial charge in [-0.25, -0.2) is 0 Å². The second-order valence-electron chi connectivity index (χ2n) is 8.44. The minimum Gasteiger partial charge on any atom is -0.463 e. The Balaban J connectivity index is 1.87. The van der Waals surface area contributed by atoms with E-state index in [-0.39, 0.29) is 19.2 Å². The molecule has 176 valence electrons. The summed E-state index contributed by atoms with van der Waals surface area (Å²) in [5, 5.41) is 29.0. The van der Waals surface area contributed by atoms with Crippen LogP contribution in [0.3, 0.4) is 0 Å². The zero-order chi connectivity index (χ0) is 22.0. The molecule has 1 aliphatic heterocycles. The molecule has 0 aromatic rings. The van der Waals surface area contributed by atoms with Gasteiger partial charge in [0.2, 0.25) is 0 Å². The summed E-state index contributed by atoms with van der Waals surface area (Å²) in [4.78, 5) is 11.7. The van der Waals surface area contributed by atoms with Gasteiger partial charge in [-0.2, -0.15) is 0 Å². The van der Waals surface area contributed by atoms with Gasteiger partial charge >= 0.3 is 5.97 Å². The summed E-state index contributed by atoms with van der Waals surface area (Å²) >= 11 is 0. The molecule has 0 aromatic carbocycles. The summed E-state index contributed by atoms with van der Waals surface area (Å²) in [5.41, 5.74) is 0. The number of carbonyl (C=O) groups is 1. The van der Waals surface area contributed by atoms with Crippen LogP contribution in [0.25, 0.3) is 0 Å². The Morgan fingerprint density at radius 3 is 2.10 bits per heavy atom. The molecular weight excluding hydrogens is 384 g/mol. The topological polar surface area (TPSA) is 96.2 Å². The quantitative estimate of drug-likeness (QED) is 0.173. The van der Waals surface area contributed by atoms with E-state index in [0.29, 0.717) is 6.42 Å². The van der Waals surface area contributed by atoms with Crippen LogP contribution in [0, 0.1) is 0 Å². The van der Waals surface area contributed by atoms with Crippen LogP contribution in [0.5, 0.6) is 0 Å². The lowest BCUT2D eigenvalue weighted by Gasteiger charge is -2.20. The molecule has 3 N–H and O–H groups in total. The summed E-state index contributed by atoms with van der Waals surface area (Å²) in [6, 6.07) is 0. The predicted octanol–water partition coefficient (Wildman–Crippen LogP) is 4.05. The molecule has 1 rings (SSSR count). The molecule has 0 saturated carbocycles. The maximum Gasteiger partial charge on any atom is 0.305 e. The van der Waals surface area contributed by atoms with Crippen molar-refractivity contribution >= 4 is 5.97 Å². The molecule has 0 aliphatic carbocycles. The molecule has 4 unspecified atom stereocenters. The van der Waals surface area contributed by atoms with Crippen molar-refractivity contribution in [2.75, 3.05) is 13.2 Å². The third-order valence-corrected chi connectivity index (χ3v) is 5.63. The van der Waals surface area contributed by atoms with Gasteiger partial charge in [0.1, 0.15) is 31.0 Å². The highest BCUT2D eigenvalue weighted by atomic mass is 16.6. The number of aliphatic hydroxyl groups is 3. The van der Waals surface area contributed by atoms with Gasteiger partial charge < -0.3 is 24.8 Å². The molecule has 4 atom stereocenters. The Hall–Kier alpha value is -0.950. The SMILES string of the molecule is CCCCCCCCC=CCCCCCCCC(=O)OCC(O)C1OCC(O)C1O. The number of ether oxygens (including phenoxy) is 2. The molecule has 0 radical (unpaired) electrons. The molecule has 1 heterocycles. The standard InChI is InChI=1S/C24H44O6/c1-2-3-4-5-6-7-8-9-10-11-12-13-14-15-16-17-22(27)29-19-21(26)24-23(28)20(25)18-30-24/h9-10,20-21,23-26,28H,2-8,11-19H2,1H3. The van der Waals surface area contributed by atoms with Crippen LogP contribution in [-0.2, 0) is 14.3 Å². The van der Waals surface area contributed by atoms with Crippen molar-refractivity contribution < 1.29 is 29.6 Å². The Morgan fingerprint density at radius 2 is 1.53 bits per heavy atom. The number of hydrogen-bond donors (Lipinski definition) is 3. The van der Waals surface area contributed by atoms with Gasteiger partial charge in [0.05, 0.1) is 6.61 Å². The lowest BCUT2D eigenvalue weighted by Crippen LogP contribution is -2.41. The fraction of sp³-hybridized carbons (Fsp3) is 0.875. The Labute approximate surface area is 182 Å². The molecule has 0 spiro atoms. The van der Waals surface area contributed by atoms with Crippen molar-refractivity contribution in [3.05, 3.63) is 12.2 Å². The average molecular weight is 429 g/mol. The van der Waals surface area contributed by atoms with Crippen molar-refractivity contribution in [3.8, 4) is 0 Å². The predicted molar refractivity (Wildman–Crippen MR) is 118 cm³/mol. The molecule has 6 heteroatoms. The number of esters is 1. The number of unbranched alkanes of at least 4 members (excludes halogenated alkanes) is 11. The highest BCUT2D eigenvalue weighted by Crippen LogP contribution is 2.18. The van der Waals surface area contributed by atoms with Crippen LogP contribution in [0.2, 0.25) is 0 Å². The number of allylic oxidation sites excluding steroid dienone is 2. The minimum absolute atomic E-state index is 0.0221. The summed E-state index contributed by atoms with van der Waals surface area (Å²) in [5.74, 6) is -0.347.